The molecule has 3 rings (SSSR count). The Bertz CT molecular complexity index is 632. The van der Waals surface area contributed by atoms with Crippen molar-refractivity contribution in [1.29, 1.82) is 0 Å². The van der Waals surface area contributed by atoms with Gasteiger partial charge in [-0.05, 0) is 61.0 Å². The minimum atomic E-state index is 0.869. The first-order valence-electron chi connectivity index (χ1n) is 7.59. The molecule has 0 aliphatic heterocycles. The molecule has 0 aromatic carbocycles. The number of nitrogens with zero attached hydrogens (tertiary/aromatic N) is 2. The Labute approximate surface area is 138 Å². The van der Waals surface area contributed by atoms with Crippen LogP contribution in [0.25, 0.3) is 10.7 Å². The number of hydrogen-bond acceptors (Lipinski definition) is 4. The molecule has 2 aromatic heterocycles. The van der Waals surface area contributed by atoms with Gasteiger partial charge in [-0.25, -0.2) is 9.97 Å². The SMILES string of the molecule is CCCNc1nc(-c2cc(Br)c(C)s2)nc2c1CCCC2. The van der Waals surface area contributed by atoms with E-state index in [4.69, 9.17) is 9.97 Å². The van der Waals surface area contributed by atoms with Crippen LogP contribution in [0.3, 0.4) is 0 Å². The van der Waals surface area contributed by atoms with E-state index in [1.807, 2.05) is 0 Å². The van der Waals surface area contributed by atoms with Crippen molar-refractivity contribution >= 4 is 33.1 Å². The Hall–Kier alpha value is -0.940. The maximum absolute atomic E-state index is 4.85. The third-order valence-electron chi connectivity index (χ3n) is 3.80. The number of fused-ring (bicyclic) bond motifs is 1. The second-order valence-electron chi connectivity index (χ2n) is 5.47. The van der Waals surface area contributed by atoms with Crippen LogP contribution in [-0.2, 0) is 12.8 Å². The summed E-state index contributed by atoms with van der Waals surface area (Å²) in [6, 6.07) is 2.13. The molecule has 0 fully saturated rings. The molecule has 1 aliphatic carbocycles. The number of thiophene rings is 1. The summed E-state index contributed by atoms with van der Waals surface area (Å²) >= 11 is 5.34. The van der Waals surface area contributed by atoms with Crippen molar-refractivity contribution in [2.75, 3.05) is 11.9 Å². The van der Waals surface area contributed by atoms with Crippen molar-refractivity contribution in [2.45, 2.75) is 46.0 Å². The van der Waals surface area contributed by atoms with Gasteiger partial charge < -0.3 is 5.32 Å². The second-order valence-corrected chi connectivity index (χ2v) is 7.58. The Kier molecular flexibility index (Phi) is 4.60. The Morgan fingerprint density at radius 2 is 2.10 bits per heavy atom. The molecule has 112 valence electrons. The highest BCUT2D eigenvalue weighted by atomic mass is 79.9. The topological polar surface area (TPSA) is 37.8 Å². The third-order valence-corrected chi connectivity index (χ3v) is 5.94. The summed E-state index contributed by atoms with van der Waals surface area (Å²) in [5.74, 6) is 1.92. The van der Waals surface area contributed by atoms with E-state index in [0.29, 0.717) is 0 Å². The van der Waals surface area contributed by atoms with Crippen molar-refractivity contribution in [3.8, 4) is 10.7 Å². The first-order valence-corrected chi connectivity index (χ1v) is 9.20. The van der Waals surface area contributed by atoms with Gasteiger partial charge in [0.05, 0.1) is 4.88 Å². The van der Waals surface area contributed by atoms with Gasteiger partial charge in [0.1, 0.15) is 5.82 Å². The number of halogens is 1. The molecular formula is C16H20BrN3S. The van der Waals surface area contributed by atoms with Crippen LogP contribution in [0.15, 0.2) is 10.5 Å². The molecule has 0 bridgehead atoms. The summed E-state index contributed by atoms with van der Waals surface area (Å²) in [5, 5.41) is 3.50. The average molecular weight is 366 g/mol. The van der Waals surface area contributed by atoms with E-state index in [0.717, 1.165) is 46.8 Å². The fourth-order valence-corrected chi connectivity index (χ4v) is 4.13. The normalized spacial score (nSPS) is 14.0. The molecule has 2 heterocycles. The highest BCUT2D eigenvalue weighted by molar-refractivity contribution is 9.10. The van der Waals surface area contributed by atoms with Crippen LogP contribution < -0.4 is 5.32 Å². The summed E-state index contributed by atoms with van der Waals surface area (Å²) in [6.07, 6.45) is 5.79. The quantitative estimate of drug-likeness (QED) is 0.830. The Morgan fingerprint density at radius 3 is 2.81 bits per heavy atom. The second kappa shape index (κ2) is 6.44. The lowest BCUT2D eigenvalue weighted by Gasteiger charge is -2.19. The maximum Gasteiger partial charge on any atom is 0.171 e. The molecule has 0 amide bonds. The molecule has 3 nitrogen and oxygen atoms in total. The number of anilines is 1. The summed E-state index contributed by atoms with van der Waals surface area (Å²) < 4.78 is 1.15. The van der Waals surface area contributed by atoms with Crippen LogP contribution in [0.4, 0.5) is 5.82 Å². The van der Waals surface area contributed by atoms with Crippen molar-refractivity contribution < 1.29 is 0 Å². The fourth-order valence-electron chi connectivity index (χ4n) is 2.66. The first kappa shape index (κ1) is 15.0. The predicted octanol–water partition coefficient (Wildman–Crippen LogP) is 4.98. The van der Waals surface area contributed by atoms with Gasteiger partial charge in [-0.1, -0.05) is 6.92 Å². The van der Waals surface area contributed by atoms with E-state index in [1.54, 1.807) is 11.3 Å². The summed E-state index contributed by atoms with van der Waals surface area (Å²) in [7, 11) is 0. The molecule has 0 radical (unpaired) electrons. The number of rotatable bonds is 4. The largest absolute Gasteiger partial charge is 0.370 e. The lowest BCUT2D eigenvalue weighted by molar-refractivity contribution is 0.664. The van der Waals surface area contributed by atoms with Crippen molar-refractivity contribution in [2.24, 2.45) is 0 Å². The van der Waals surface area contributed by atoms with E-state index in [9.17, 15) is 0 Å². The summed E-state index contributed by atoms with van der Waals surface area (Å²) in [5.41, 5.74) is 2.58. The lowest BCUT2D eigenvalue weighted by Crippen LogP contribution is -2.13. The molecule has 0 spiro atoms. The standard InChI is InChI=1S/C16H20BrN3S/c1-3-8-18-15-11-6-4-5-7-13(11)19-16(20-15)14-9-12(17)10(2)21-14/h9H,3-8H2,1-2H3,(H,18,19,20). The van der Waals surface area contributed by atoms with Crippen LogP contribution in [0.2, 0.25) is 0 Å². The average Bonchev–Trinajstić information content (AvgIpc) is 2.84. The molecule has 0 saturated carbocycles. The van der Waals surface area contributed by atoms with Gasteiger partial charge in [-0.15, -0.1) is 11.3 Å². The molecule has 21 heavy (non-hydrogen) atoms. The molecule has 0 unspecified atom stereocenters. The molecule has 1 N–H and O–H groups in total. The van der Waals surface area contributed by atoms with Gasteiger partial charge in [-0.2, -0.15) is 0 Å². The number of aryl methyl sites for hydroxylation is 2. The van der Waals surface area contributed by atoms with E-state index in [1.165, 1.54) is 29.0 Å². The minimum absolute atomic E-state index is 0.869. The lowest BCUT2D eigenvalue weighted by atomic mass is 9.96. The molecule has 0 saturated heterocycles. The predicted molar refractivity (Wildman–Crippen MR) is 93.2 cm³/mol. The zero-order chi connectivity index (χ0) is 14.8. The number of aromatic nitrogens is 2. The third kappa shape index (κ3) is 3.14. The maximum atomic E-state index is 4.85. The molecule has 0 atom stereocenters. The number of hydrogen-bond donors (Lipinski definition) is 1. The van der Waals surface area contributed by atoms with E-state index in [2.05, 4.69) is 41.2 Å². The summed E-state index contributed by atoms with van der Waals surface area (Å²) in [4.78, 5) is 12.1. The van der Waals surface area contributed by atoms with Crippen LogP contribution >= 0.6 is 27.3 Å². The van der Waals surface area contributed by atoms with E-state index >= 15 is 0 Å². The molecule has 5 heteroatoms. The van der Waals surface area contributed by atoms with Crippen molar-refractivity contribution in [3.63, 3.8) is 0 Å². The molecule has 2 aromatic rings. The first-order chi connectivity index (χ1) is 10.2. The van der Waals surface area contributed by atoms with Crippen LogP contribution in [0.1, 0.15) is 42.3 Å². The zero-order valence-electron chi connectivity index (χ0n) is 12.5. The van der Waals surface area contributed by atoms with E-state index in [-0.39, 0.29) is 0 Å². The Balaban J connectivity index is 2.04. The van der Waals surface area contributed by atoms with E-state index < -0.39 is 0 Å². The monoisotopic (exact) mass is 365 g/mol. The van der Waals surface area contributed by atoms with Gasteiger partial charge in [0.2, 0.25) is 0 Å². The van der Waals surface area contributed by atoms with Crippen LogP contribution in [-0.4, -0.2) is 16.5 Å². The smallest absolute Gasteiger partial charge is 0.171 e. The van der Waals surface area contributed by atoms with Gasteiger partial charge in [0.15, 0.2) is 5.82 Å². The van der Waals surface area contributed by atoms with Gasteiger partial charge >= 0.3 is 0 Å². The molecular weight excluding hydrogens is 346 g/mol. The number of nitrogens with one attached hydrogen (secondary N) is 1. The van der Waals surface area contributed by atoms with Crippen LogP contribution in [0, 0.1) is 6.92 Å². The van der Waals surface area contributed by atoms with Crippen molar-refractivity contribution in [3.05, 3.63) is 26.7 Å². The van der Waals surface area contributed by atoms with Gasteiger partial charge in [-0.3, -0.25) is 0 Å². The highest BCUT2D eigenvalue weighted by Gasteiger charge is 2.19. The van der Waals surface area contributed by atoms with Gasteiger partial charge in [0, 0.05) is 27.2 Å². The minimum Gasteiger partial charge on any atom is -0.370 e. The van der Waals surface area contributed by atoms with Crippen molar-refractivity contribution in [1.82, 2.24) is 9.97 Å². The Morgan fingerprint density at radius 1 is 1.29 bits per heavy atom. The van der Waals surface area contributed by atoms with Gasteiger partial charge in [0.25, 0.3) is 0 Å². The highest BCUT2D eigenvalue weighted by Crippen LogP contribution is 2.35. The van der Waals surface area contributed by atoms with Crippen LogP contribution in [0.5, 0.6) is 0 Å². The molecule has 1 aliphatic rings. The summed E-state index contributed by atoms with van der Waals surface area (Å²) in [6.45, 7) is 5.27. The zero-order valence-corrected chi connectivity index (χ0v) is 14.9. The fraction of sp³-hybridized carbons (Fsp3) is 0.500.